The second-order valence-corrected chi connectivity index (χ2v) is 13.2. The minimum Gasteiger partial charge on any atom is -0.484 e. The first-order chi connectivity index (χ1) is 18.3. The van der Waals surface area contributed by atoms with Crippen LogP contribution in [0.25, 0.3) is 6.08 Å². The highest BCUT2D eigenvalue weighted by atomic mass is 35.5. The number of morpholine rings is 1. The van der Waals surface area contributed by atoms with Crippen LogP contribution in [-0.2, 0) is 14.3 Å². The average molecular weight is 538 g/mol. The van der Waals surface area contributed by atoms with Crippen molar-refractivity contribution in [2.45, 2.75) is 64.2 Å². The van der Waals surface area contributed by atoms with Crippen molar-refractivity contribution in [3.8, 4) is 5.75 Å². The zero-order valence-electron chi connectivity index (χ0n) is 22.7. The Morgan fingerprint density at radius 3 is 2.58 bits per heavy atom. The largest absolute Gasteiger partial charge is 0.484 e. The molecule has 1 aromatic rings. The van der Waals surface area contributed by atoms with Crippen LogP contribution < -0.4 is 4.74 Å². The number of ether oxygens (including phenoxy) is 2. The van der Waals surface area contributed by atoms with Gasteiger partial charge in [0.2, 0.25) is 0 Å². The topological polar surface area (TPSA) is 55.8 Å². The number of amides is 1. The van der Waals surface area contributed by atoms with Gasteiger partial charge < -0.3 is 14.4 Å². The maximum Gasteiger partial charge on any atom is 0.260 e. The van der Waals surface area contributed by atoms with E-state index in [1.807, 2.05) is 24.3 Å². The second kappa shape index (κ2) is 10.1. The molecule has 3 saturated carbocycles. The zero-order chi connectivity index (χ0) is 26.5. The summed E-state index contributed by atoms with van der Waals surface area (Å²) in [6, 6.07) is 7.77. The van der Waals surface area contributed by atoms with Crippen LogP contribution in [0.5, 0.6) is 5.75 Å². The first kappa shape index (κ1) is 26.1. The molecular formula is C32H40ClNO4. The molecule has 0 radical (unpaired) electrons. The third-order valence-electron chi connectivity index (χ3n) is 10.6. The number of allylic oxidation sites excluding steroid dienone is 3. The summed E-state index contributed by atoms with van der Waals surface area (Å²) >= 11 is 6.55. The van der Waals surface area contributed by atoms with Crippen LogP contribution in [0.15, 0.2) is 41.5 Å². The Morgan fingerprint density at radius 2 is 1.82 bits per heavy atom. The molecule has 6 atom stereocenters. The lowest BCUT2D eigenvalue weighted by Crippen LogP contribution is -2.50. The van der Waals surface area contributed by atoms with Crippen LogP contribution in [-0.4, -0.2) is 54.9 Å². The smallest absolute Gasteiger partial charge is 0.260 e. The van der Waals surface area contributed by atoms with E-state index in [9.17, 15) is 9.59 Å². The van der Waals surface area contributed by atoms with E-state index in [0.29, 0.717) is 55.6 Å². The van der Waals surface area contributed by atoms with Crippen LogP contribution in [0.4, 0.5) is 0 Å². The number of hydrogen-bond acceptors (Lipinski definition) is 4. The Labute approximate surface area is 231 Å². The molecule has 1 aromatic carbocycles. The highest BCUT2D eigenvalue weighted by Gasteiger charge is 2.59. The standard InChI is InChI=1S/C32H40ClNO4/c1-31-11-9-24(33)19-23(31)5-8-26-27(31)10-12-32(2)28(26)18-22(30(32)36)17-21-3-6-25(7-4-21)38-20-29(35)34-13-15-37-16-14-34/h3-7,17,24,26-28H,8-16,18-20H2,1-2H3/b22-17+. The van der Waals surface area contributed by atoms with Gasteiger partial charge in [-0.1, -0.05) is 37.6 Å². The van der Waals surface area contributed by atoms with E-state index < -0.39 is 0 Å². The average Bonchev–Trinajstić information content (AvgIpc) is 3.18. The van der Waals surface area contributed by atoms with Gasteiger partial charge in [-0.15, -0.1) is 11.6 Å². The van der Waals surface area contributed by atoms with Gasteiger partial charge in [0.1, 0.15) is 5.75 Å². The number of Topliss-reactive ketones (excluding diaryl/α,β-unsaturated/α-hetero) is 1. The molecule has 4 aliphatic carbocycles. The molecule has 0 N–H and O–H groups in total. The lowest BCUT2D eigenvalue weighted by molar-refractivity contribution is -0.137. The van der Waals surface area contributed by atoms with E-state index in [1.54, 1.807) is 10.5 Å². The molecule has 1 aliphatic heterocycles. The number of fused-ring (bicyclic) bond motifs is 5. The van der Waals surface area contributed by atoms with E-state index in [0.717, 1.165) is 49.7 Å². The van der Waals surface area contributed by atoms with Crippen molar-refractivity contribution in [3.05, 3.63) is 47.1 Å². The maximum atomic E-state index is 13.8. The van der Waals surface area contributed by atoms with Gasteiger partial charge in [0.15, 0.2) is 12.4 Å². The number of carbonyl (C=O) groups excluding carboxylic acids is 2. The lowest BCUT2D eigenvalue weighted by atomic mass is 9.48. The summed E-state index contributed by atoms with van der Waals surface area (Å²) in [7, 11) is 0. The van der Waals surface area contributed by atoms with Gasteiger partial charge in [-0.25, -0.2) is 0 Å². The number of ketones is 1. The van der Waals surface area contributed by atoms with Gasteiger partial charge in [0, 0.05) is 23.9 Å². The Kier molecular flexibility index (Phi) is 6.97. The molecule has 1 saturated heterocycles. The highest BCUT2D eigenvalue weighted by Crippen LogP contribution is 2.65. The number of alkyl halides is 1. The SMILES string of the molecule is CC12CCC3C(CC=C4CC(Cl)CCC43C)C1C/C(=C\c1ccc(OCC(=O)N3CCOCC3)cc1)C2=O. The number of hydrogen-bond donors (Lipinski definition) is 0. The van der Waals surface area contributed by atoms with Crippen LogP contribution in [0.1, 0.15) is 64.4 Å². The maximum absolute atomic E-state index is 13.8. The Bertz CT molecular complexity index is 1150. The van der Waals surface area contributed by atoms with Gasteiger partial charge in [-0.05, 0) is 97.5 Å². The second-order valence-electron chi connectivity index (χ2n) is 12.6. The fraction of sp³-hybridized carbons (Fsp3) is 0.625. The molecule has 6 rings (SSSR count). The van der Waals surface area contributed by atoms with E-state index >= 15 is 0 Å². The highest BCUT2D eigenvalue weighted by molar-refractivity contribution is 6.20. The molecule has 5 nitrogen and oxygen atoms in total. The Hall–Kier alpha value is -2.11. The van der Waals surface area contributed by atoms with Crippen molar-refractivity contribution >= 4 is 29.4 Å². The predicted molar refractivity (Wildman–Crippen MR) is 149 cm³/mol. The number of carbonyl (C=O) groups is 2. The van der Waals surface area contributed by atoms with Crippen molar-refractivity contribution in [2.75, 3.05) is 32.9 Å². The van der Waals surface area contributed by atoms with Gasteiger partial charge in [-0.2, -0.15) is 0 Å². The van der Waals surface area contributed by atoms with Gasteiger partial charge >= 0.3 is 0 Å². The predicted octanol–water partition coefficient (Wildman–Crippen LogP) is 6.06. The first-order valence-electron chi connectivity index (χ1n) is 14.5. The van der Waals surface area contributed by atoms with E-state index in [-0.39, 0.29) is 28.7 Å². The van der Waals surface area contributed by atoms with Crippen molar-refractivity contribution in [3.63, 3.8) is 0 Å². The first-order valence-corrected chi connectivity index (χ1v) is 14.9. The number of benzene rings is 1. The molecule has 204 valence electrons. The molecule has 38 heavy (non-hydrogen) atoms. The fourth-order valence-corrected chi connectivity index (χ4v) is 8.60. The molecule has 1 amide bonds. The number of nitrogens with zero attached hydrogens (tertiary/aromatic N) is 1. The number of rotatable bonds is 4. The third-order valence-corrected chi connectivity index (χ3v) is 11.0. The molecule has 0 spiro atoms. The molecule has 0 bridgehead atoms. The molecule has 1 heterocycles. The quantitative estimate of drug-likeness (QED) is 0.266. The summed E-state index contributed by atoms with van der Waals surface area (Å²) in [5.41, 5.74) is 3.57. The molecule has 6 unspecified atom stereocenters. The summed E-state index contributed by atoms with van der Waals surface area (Å²) in [6.07, 6.45) is 12.0. The monoisotopic (exact) mass is 537 g/mol. The van der Waals surface area contributed by atoms with Crippen LogP contribution in [0, 0.1) is 28.6 Å². The van der Waals surface area contributed by atoms with Crippen molar-refractivity contribution in [2.24, 2.45) is 28.6 Å². The molecule has 6 heteroatoms. The zero-order valence-corrected chi connectivity index (χ0v) is 23.5. The lowest BCUT2D eigenvalue weighted by Gasteiger charge is -2.56. The fourth-order valence-electron chi connectivity index (χ4n) is 8.33. The summed E-state index contributed by atoms with van der Waals surface area (Å²) < 4.78 is 11.1. The van der Waals surface area contributed by atoms with Crippen molar-refractivity contribution in [1.29, 1.82) is 0 Å². The summed E-state index contributed by atoms with van der Waals surface area (Å²) in [5, 5.41) is 0.282. The molecule has 5 aliphatic rings. The molecule has 0 aromatic heterocycles. The van der Waals surface area contributed by atoms with Gasteiger partial charge in [0.05, 0.1) is 13.2 Å². The van der Waals surface area contributed by atoms with E-state index in [4.69, 9.17) is 21.1 Å². The summed E-state index contributed by atoms with van der Waals surface area (Å²) in [4.78, 5) is 27.9. The Balaban J connectivity index is 1.14. The van der Waals surface area contributed by atoms with Crippen molar-refractivity contribution < 1.29 is 19.1 Å². The van der Waals surface area contributed by atoms with Gasteiger partial charge in [0.25, 0.3) is 5.91 Å². The minimum absolute atomic E-state index is 0.0144. The van der Waals surface area contributed by atoms with Gasteiger partial charge in [-0.3, -0.25) is 9.59 Å². The molecule has 4 fully saturated rings. The summed E-state index contributed by atoms with van der Waals surface area (Å²) in [6.45, 7) is 7.15. The minimum atomic E-state index is -0.249. The van der Waals surface area contributed by atoms with E-state index in [1.165, 1.54) is 6.42 Å². The van der Waals surface area contributed by atoms with Crippen LogP contribution in [0.3, 0.4) is 0 Å². The van der Waals surface area contributed by atoms with Crippen molar-refractivity contribution in [1.82, 2.24) is 4.90 Å². The number of halogens is 1. The third kappa shape index (κ3) is 4.54. The van der Waals surface area contributed by atoms with Crippen LogP contribution in [0.2, 0.25) is 0 Å². The van der Waals surface area contributed by atoms with E-state index in [2.05, 4.69) is 26.0 Å². The normalized spacial score (nSPS) is 37.8. The Morgan fingerprint density at radius 1 is 1.08 bits per heavy atom. The van der Waals surface area contributed by atoms with Crippen LogP contribution >= 0.6 is 11.6 Å². The molecular weight excluding hydrogens is 498 g/mol. The summed E-state index contributed by atoms with van der Waals surface area (Å²) in [5.74, 6) is 2.65.